The van der Waals surface area contributed by atoms with Gasteiger partial charge in [0.2, 0.25) is 5.95 Å². The molecule has 0 fully saturated rings. The van der Waals surface area contributed by atoms with E-state index in [1.54, 1.807) is 12.1 Å². The minimum atomic E-state index is -0.302. The lowest BCUT2D eigenvalue weighted by Gasteiger charge is -2.08. The van der Waals surface area contributed by atoms with Crippen molar-refractivity contribution in [2.45, 2.75) is 6.92 Å². The number of halogens is 1. The van der Waals surface area contributed by atoms with Gasteiger partial charge in [0.1, 0.15) is 0 Å². The number of aromatic nitrogens is 3. The summed E-state index contributed by atoms with van der Waals surface area (Å²) in [5.41, 5.74) is 2.46. The molecule has 0 aliphatic carbocycles. The highest BCUT2D eigenvalue weighted by atomic mass is 35.5. The number of anilines is 2. The first-order chi connectivity index (χ1) is 10.6. The lowest BCUT2D eigenvalue weighted by Crippen LogP contribution is -2.15. The number of hydrogen-bond acceptors (Lipinski definition) is 4. The molecule has 0 aliphatic rings. The smallest absolute Gasteiger partial charge is 0.279 e. The SMILES string of the molecule is Cc1ccc(Cl)cc1Nc1nnc(-c2ccccc2)c(=O)[nH]1. The van der Waals surface area contributed by atoms with E-state index < -0.39 is 0 Å². The van der Waals surface area contributed by atoms with Crippen molar-refractivity contribution >= 4 is 23.2 Å². The van der Waals surface area contributed by atoms with Crippen LogP contribution in [0.1, 0.15) is 5.56 Å². The average Bonchev–Trinajstić information content (AvgIpc) is 2.52. The van der Waals surface area contributed by atoms with Crippen LogP contribution in [-0.2, 0) is 0 Å². The minimum Gasteiger partial charge on any atom is -0.324 e. The van der Waals surface area contributed by atoms with Crippen LogP contribution in [0.3, 0.4) is 0 Å². The first-order valence-corrected chi connectivity index (χ1v) is 7.07. The number of benzene rings is 2. The fourth-order valence-corrected chi connectivity index (χ4v) is 2.21. The molecule has 3 rings (SSSR count). The summed E-state index contributed by atoms with van der Waals surface area (Å²) < 4.78 is 0. The Morgan fingerprint density at radius 1 is 1.09 bits per heavy atom. The molecule has 0 unspecified atom stereocenters. The molecule has 22 heavy (non-hydrogen) atoms. The van der Waals surface area contributed by atoms with Gasteiger partial charge < -0.3 is 5.32 Å². The third-order valence-corrected chi connectivity index (χ3v) is 3.43. The Bertz CT molecular complexity index is 862. The summed E-state index contributed by atoms with van der Waals surface area (Å²) in [5, 5.41) is 11.6. The van der Waals surface area contributed by atoms with E-state index >= 15 is 0 Å². The normalized spacial score (nSPS) is 10.5. The van der Waals surface area contributed by atoms with Crippen LogP contribution in [0.2, 0.25) is 5.02 Å². The molecule has 0 spiro atoms. The lowest BCUT2D eigenvalue weighted by molar-refractivity contribution is 0.961. The third-order valence-electron chi connectivity index (χ3n) is 3.20. The molecule has 6 heteroatoms. The highest BCUT2D eigenvalue weighted by Crippen LogP contribution is 2.22. The van der Waals surface area contributed by atoms with Gasteiger partial charge in [-0.25, -0.2) is 0 Å². The third kappa shape index (κ3) is 2.99. The zero-order chi connectivity index (χ0) is 15.5. The zero-order valence-electron chi connectivity index (χ0n) is 11.8. The van der Waals surface area contributed by atoms with E-state index in [0.717, 1.165) is 16.8 Å². The van der Waals surface area contributed by atoms with Gasteiger partial charge in [0.25, 0.3) is 5.56 Å². The summed E-state index contributed by atoms with van der Waals surface area (Å²) >= 11 is 5.97. The van der Waals surface area contributed by atoms with Crippen molar-refractivity contribution in [1.29, 1.82) is 0 Å². The highest BCUT2D eigenvalue weighted by molar-refractivity contribution is 6.30. The van der Waals surface area contributed by atoms with Gasteiger partial charge in [-0.3, -0.25) is 9.78 Å². The molecule has 0 bridgehead atoms. The molecule has 1 heterocycles. The molecule has 2 N–H and O–H groups in total. The number of hydrogen-bond donors (Lipinski definition) is 2. The Kier molecular flexibility index (Phi) is 3.89. The van der Waals surface area contributed by atoms with Crippen molar-refractivity contribution in [3.8, 4) is 11.3 Å². The number of aryl methyl sites for hydroxylation is 1. The number of rotatable bonds is 3. The Hall–Kier alpha value is -2.66. The van der Waals surface area contributed by atoms with E-state index in [-0.39, 0.29) is 17.2 Å². The van der Waals surface area contributed by atoms with E-state index in [0.29, 0.717) is 5.02 Å². The molecule has 0 amide bonds. The van der Waals surface area contributed by atoms with Crippen molar-refractivity contribution in [2.24, 2.45) is 0 Å². The van der Waals surface area contributed by atoms with Crippen LogP contribution in [0, 0.1) is 6.92 Å². The summed E-state index contributed by atoms with van der Waals surface area (Å²) in [6, 6.07) is 14.6. The van der Waals surface area contributed by atoms with Crippen LogP contribution in [0.5, 0.6) is 0 Å². The van der Waals surface area contributed by atoms with Crippen molar-refractivity contribution in [3.05, 3.63) is 69.5 Å². The van der Waals surface area contributed by atoms with Gasteiger partial charge in [-0.1, -0.05) is 48.0 Å². The van der Waals surface area contributed by atoms with Crippen molar-refractivity contribution in [1.82, 2.24) is 15.2 Å². The molecule has 0 radical (unpaired) electrons. The second-order valence-electron chi connectivity index (χ2n) is 4.80. The van der Waals surface area contributed by atoms with Crippen LogP contribution in [0.25, 0.3) is 11.3 Å². The molecule has 5 nitrogen and oxygen atoms in total. The molecular weight excluding hydrogens is 300 g/mol. The quantitative estimate of drug-likeness (QED) is 0.776. The standard InChI is InChI=1S/C16H13ClN4O/c1-10-7-8-12(17)9-13(10)18-16-19-15(22)14(20-21-16)11-5-3-2-4-6-11/h2-9H,1H3,(H2,18,19,21,22). The van der Waals surface area contributed by atoms with E-state index in [4.69, 9.17) is 11.6 Å². The van der Waals surface area contributed by atoms with Gasteiger partial charge in [0.05, 0.1) is 0 Å². The van der Waals surface area contributed by atoms with Gasteiger partial charge in [-0.2, -0.15) is 0 Å². The molecular formula is C16H13ClN4O. The van der Waals surface area contributed by atoms with E-state index in [2.05, 4.69) is 20.5 Å². The van der Waals surface area contributed by atoms with Crippen LogP contribution < -0.4 is 10.9 Å². The minimum absolute atomic E-state index is 0.273. The summed E-state index contributed by atoms with van der Waals surface area (Å²) in [7, 11) is 0. The van der Waals surface area contributed by atoms with Crippen LogP contribution in [0.15, 0.2) is 53.3 Å². The Balaban J connectivity index is 1.93. The Morgan fingerprint density at radius 2 is 1.86 bits per heavy atom. The van der Waals surface area contributed by atoms with Gasteiger partial charge in [-0.15, -0.1) is 10.2 Å². The van der Waals surface area contributed by atoms with E-state index in [9.17, 15) is 4.79 Å². The van der Waals surface area contributed by atoms with E-state index in [1.807, 2.05) is 43.3 Å². The second kappa shape index (κ2) is 5.99. The molecule has 2 aromatic carbocycles. The van der Waals surface area contributed by atoms with Gasteiger partial charge in [0.15, 0.2) is 5.69 Å². The summed E-state index contributed by atoms with van der Waals surface area (Å²) in [6.45, 7) is 1.93. The summed E-state index contributed by atoms with van der Waals surface area (Å²) in [6.07, 6.45) is 0. The lowest BCUT2D eigenvalue weighted by atomic mass is 10.2. The van der Waals surface area contributed by atoms with Crippen LogP contribution in [0.4, 0.5) is 11.6 Å². The summed E-state index contributed by atoms with van der Waals surface area (Å²) in [4.78, 5) is 14.8. The van der Waals surface area contributed by atoms with Gasteiger partial charge in [0, 0.05) is 16.3 Å². The topological polar surface area (TPSA) is 70.7 Å². The largest absolute Gasteiger partial charge is 0.324 e. The predicted molar refractivity (Wildman–Crippen MR) is 87.6 cm³/mol. The maximum atomic E-state index is 12.2. The predicted octanol–water partition coefficient (Wildman–Crippen LogP) is 3.54. The number of H-pyrrole nitrogens is 1. The van der Waals surface area contributed by atoms with Crippen LogP contribution >= 0.6 is 11.6 Å². The highest BCUT2D eigenvalue weighted by Gasteiger charge is 2.08. The van der Waals surface area contributed by atoms with Crippen molar-refractivity contribution < 1.29 is 0 Å². The fourth-order valence-electron chi connectivity index (χ4n) is 2.03. The van der Waals surface area contributed by atoms with Crippen molar-refractivity contribution in [2.75, 3.05) is 5.32 Å². The first-order valence-electron chi connectivity index (χ1n) is 6.69. The molecule has 0 saturated carbocycles. The summed E-state index contributed by atoms with van der Waals surface area (Å²) in [5.74, 6) is 0.273. The Labute approximate surface area is 132 Å². The zero-order valence-corrected chi connectivity index (χ0v) is 12.6. The van der Waals surface area contributed by atoms with Crippen molar-refractivity contribution in [3.63, 3.8) is 0 Å². The maximum absolute atomic E-state index is 12.2. The van der Waals surface area contributed by atoms with Gasteiger partial charge >= 0.3 is 0 Å². The maximum Gasteiger partial charge on any atom is 0.279 e. The molecule has 0 saturated heterocycles. The number of aromatic amines is 1. The number of nitrogens with zero attached hydrogens (tertiary/aromatic N) is 2. The molecule has 0 aliphatic heterocycles. The Morgan fingerprint density at radius 3 is 2.59 bits per heavy atom. The molecule has 0 atom stereocenters. The monoisotopic (exact) mass is 312 g/mol. The fraction of sp³-hybridized carbons (Fsp3) is 0.0625. The second-order valence-corrected chi connectivity index (χ2v) is 5.24. The molecule has 3 aromatic rings. The van der Waals surface area contributed by atoms with Crippen LogP contribution in [-0.4, -0.2) is 15.2 Å². The van der Waals surface area contributed by atoms with E-state index in [1.165, 1.54) is 0 Å². The number of nitrogens with one attached hydrogen (secondary N) is 2. The molecule has 110 valence electrons. The first kappa shape index (κ1) is 14.3. The molecule has 1 aromatic heterocycles. The average molecular weight is 313 g/mol. The van der Waals surface area contributed by atoms with Gasteiger partial charge in [-0.05, 0) is 24.6 Å².